The van der Waals surface area contributed by atoms with Crippen molar-refractivity contribution in [2.45, 2.75) is 57.2 Å². The second-order valence-electron chi connectivity index (χ2n) is 10.4. The van der Waals surface area contributed by atoms with E-state index in [9.17, 15) is 13.2 Å². The summed E-state index contributed by atoms with van der Waals surface area (Å²) >= 11 is 6.41. The Morgan fingerprint density at radius 1 is 1.16 bits per heavy atom. The number of aromatic nitrogens is 2. The van der Waals surface area contributed by atoms with Crippen LogP contribution in [-0.2, 0) is 21.4 Å². The topological polar surface area (TPSA) is 138 Å². The maximum atomic E-state index is 12.6. The van der Waals surface area contributed by atoms with Crippen molar-refractivity contribution in [3.63, 3.8) is 0 Å². The lowest BCUT2D eigenvalue weighted by molar-refractivity contribution is -0.117. The van der Waals surface area contributed by atoms with Gasteiger partial charge in [0.15, 0.2) is 5.82 Å². The number of halogens is 1. The van der Waals surface area contributed by atoms with Gasteiger partial charge in [-0.05, 0) is 49.3 Å². The molecule has 2 aliphatic carbocycles. The number of hydrogen-bond donors (Lipinski definition) is 4. The van der Waals surface area contributed by atoms with E-state index in [0.29, 0.717) is 41.3 Å². The standard InChI is InChI=1S/C25H34ClN7O4S/c1-37-22-9-16-13-33(12-15-7-8-15)14-23(34)28-20(16)10-21(22)30-25-27-11-17(26)24(31-25)29-18-5-3-4-6-19(18)32-38(2,35)36/h9-11,15,18-19,32H,3-8,12-14H2,1-2H3,(H,28,34)(H2,27,29,30,31)/t18-,19-/m1/s1. The third-order valence-corrected chi connectivity index (χ3v) is 8.13. The normalized spacial score (nSPS) is 22.2. The quantitative estimate of drug-likeness (QED) is 0.362. The monoisotopic (exact) mass is 563 g/mol. The summed E-state index contributed by atoms with van der Waals surface area (Å²) in [6.07, 6.45) is 8.55. The van der Waals surface area contributed by atoms with Gasteiger partial charge in [0.25, 0.3) is 0 Å². The van der Waals surface area contributed by atoms with Crippen molar-refractivity contribution in [1.29, 1.82) is 0 Å². The molecule has 2 heterocycles. The lowest BCUT2D eigenvalue weighted by Gasteiger charge is -2.32. The van der Waals surface area contributed by atoms with E-state index in [1.54, 1.807) is 7.11 Å². The molecule has 11 nitrogen and oxygen atoms in total. The lowest BCUT2D eigenvalue weighted by atomic mass is 9.91. The second kappa shape index (κ2) is 11.2. The number of hydrogen-bond acceptors (Lipinski definition) is 9. The molecule has 13 heteroatoms. The van der Waals surface area contributed by atoms with Crippen molar-refractivity contribution in [3.8, 4) is 5.75 Å². The molecule has 0 radical (unpaired) electrons. The highest BCUT2D eigenvalue weighted by Crippen LogP contribution is 2.37. The number of nitrogens with zero attached hydrogens (tertiary/aromatic N) is 3. The van der Waals surface area contributed by atoms with Crippen LogP contribution in [-0.4, -0.2) is 67.7 Å². The molecule has 1 amide bonds. The van der Waals surface area contributed by atoms with Gasteiger partial charge in [-0.15, -0.1) is 0 Å². The molecule has 2 fully saturated rings. The highest BCUT2D eigenvalue weighted by Gasteiger charge is 2.30. The summed E-state index contributed by atoms with van der Waals surface area (Å²) in [7, 11) is -1.76. The summed E-state index contributed by atoms with van der Waals surface area (Å²) in [5.74, 6) is 1.94. The summed E-state index contributed by atoms with van der Waals surface area (Å²) in [5.41, 5.74) is 2.31. The first-order chi connectivity index (χ1) is 18.2. The molecule has 0 unspecified atom stereocenters. The number of sulfonamides is 1. The summed E-state index contributed by atoms with van der Waals surface area (Å²) < 4.78 is 32.1. The number of ether oxygens (including phenoxy) is 1. The van der Waals surface area contributed by atoms with Crippen molar-refractivity contribution in [2.24, 2.45) is 5.92 Å². The zero-order valence-corrected chi connectivity index (χ0v) is 23.2. The van der Waals surface area contributed by atoms with Gasteiger partial charge in [-0.25, -0.2) is 18.1 Å². The fourth-order valence-corrected chi connectivity index (χ4v) is 6.14. The third kappa shape index (κ3) is 6.85. The Kier molecular flexibility index (Phi) is 7.94. The van der Waals surface area contributed by atoms with Gasteiger partial charge in [0, 0.05) is 30.9 Å². The minimum absolute atomic E-state index is 0.0421. The van der Waals surface area contributed by atoms with Crippen LogP contribution in [0.15, 0.2) is 18.3 Å². The van der Waals surface area contributed by atoms with Gasteiger partial charge in [-0.2, -0.15) is 4.98 Å². The fourth-order valence-electron chi connectivity index (χ4n) is 5.16. The number of carbonyl (C=O) groups is 1. The second-order valence-corrected chi connectivity index (χ2v) is 12.6. The van der Waals surface area contributed by atoms with Gasteiger partial charge in [0.1, 0.15) is 10.8 Å². The first-order valence-corrected chi connectivity index (χ1v) is 15.2. The summed E-state index contributed by atoms with van der Waals surface area (Å²) in [6, 6.07) is 3.36. The fraction of sp³-hybridized carbons (Fsp3) is 0.560. The van der Waals surface area contributed by atoms with E-state index in [-0.39, 0.29) is 23.9 Å². The predicted octanol–water partition coefficient (Wildman–Crippen LogP) is 3.32. The van der Waals surface area contributed by atoms with E-state index >= 15 is 0 Å². The Morgan fingerprint density at radius 2 is 1.92 bits per heavy atom. The highest BCUT2D eigenvalue weighted by molar-refractivity contribution is 7.88. The zero-order chi connectivity index (χ0) is 26.9. The molecule has 2 saturated carbocycles. The predicted molar refractivity (Wildman–Crippen MR) is 148 cm³/mol. The van der Waals surface area contributed by atoms with Crippen LogP contribution in [0.25, 0.3) is 0 Å². The molecule has 1 aromatic heterocycles. The Morgan fingerprint density at radius 3 is 2.63 bits per heavy atom. The van der Waals surface area contributed by atoms with Crippen LogP contribution < -0.4 is 25.4 Å². The average molecular weight is 564 g/mol. The number of nitrogens with one attached hydrogen (secondary N) is 4. The van der Waals surface area contributed by atoms with Crippen molar-refractivity contribution in [2.75, 3.05) is 42.4 Å². The van der Waals surface area contributed by atoms with E-state index < -0.39 is 10.0 Å². The minimum atomic E-state index is -3.35. The molecule has 4 N–H and O–H groups in total. The molecule has 0 bridgehead atoms. The number of anilines is 4. The van der Waals surface area contributed by atoms with Crippen LogP contribution in [0.5, 0.6) is 5.75 Å². The molecule has 0 saturated heterocycles. The maximum Gasteiger partial charge on any atom is 0.238 e. The maximum absolute atomic E-state index is 12.6. The van der Waals surface area contributed by atoms with Crippen molar-refractivity contribution in [1.82, 2.24) is 19.6 Å². The summed E-state index contributed by atoms with van der Waals surface area (Å²) in [5, 5.41) is 9.86. The molecule has 2 aromatic rings. The van der Waals surface area contributed by atoms with E-state index in [0.717, 1.165) is 43.5 Å². The molecule has 0 spiro atoms. The van der Waals surface area contributed by atoms with Gasteiger partial charge < -0.3 is 20.7 Å². The Balaban J connectivity index is 1.36. The number of amides is 1. The molecule has 1 aliphatic heterocycles. The van der Waals surface area contributed by atoms with Gasteiger partial charge in [-0.1, -0.05) is 24.4 Å². The molecular weight excluding hydrogens is 530 g/mol. The summed E-state index contributed by atoms with van der Waals surface area (Å²) in [4.78, 5) is 23.6. The Hall–Kier alpha value is -2.67. The van der Waals surface area contributed by atoms with Gasteiger partial charge in [-0.3, -0.25) is 9.69 Å². The van der Waals surface area contributed by atoms with Crippen LogP contribution in [0, 0.1) is 5.92 Å². The van der Waals surface area contributed by atoms with Crippen LogP contribution in [0.3, 0.4) is 0 Å². The smallest absolute Gasteiger partial charge is 0.238 e. The van der Waals surface area contributed by atoms with Crippen LogP contribution >= 0.6 is 11.6 Å². The van der Waals surface area contributed by atoms with Gasteiger partial charge in [0.05, 0.1) is 31.8 Å². The highest BCUT2D eigenvalue weighted by atomic mass is 35.5. The molecular formula is C25H34ClN7O4S. The minimum Gasteiger partial charge on any atom is -0.495 e. The Labute approximate surface area is 228 Å². The van der Waals surface area contributed by atoms with Crippen molar-refractivity contribution >= 4 is 50.7 Å². The molecule has 2 atom stereocenters. The largest absolute Gasteiger partial charge is 0.495 e. The molecule has 38 heavy (non-hydrogen) atoms. The van der Waals surface area contributed by atoms with Crippen LogP contribution in [0.1, 0.15) is 44.1 Å². The number of fused-ring (bicyclic) bond motifs is 1. The van der Waals surface area contributed by atoms with Crippen molar-refractivity contribution < 1.29 is 17.9 Å². The van der Waals surface area contributed by atoms with E-state index in [1.807, 2.05) is 12.1 Å². The zero-order valence-electron chi connectivity index (χ0n) is 21.6. The molecule has 3 aliphatic rings. The molecule has 1 aromatic carbocycles. The van der Waals surface area contributed by atoms with Crippen molar-refractivity contribution in [3.05, 3.63) is 28.9 Å². The van der Waals surface area contributed by atoms with E-state index in [2.05, 4.69) is 35.5 Å². The molecule has 5 rings (SSSR count). The van der Waals surface area contributed by atoms with Gasteiger partial charge >= 0.3 is 0 Å². The first kappa shape index (κ1) is 26.9. The van der Waals surface area contributed by atoms with E-state index in [1.165, 1.54) is 25.3 Å². The van der Waals surface area contributed by atoms with E-state index in [4.69, 9.17) is 16.3 Å². The van der Waals surface area contributed by atoms with Gasteiger partial charge in [0.2, 0.25) is 21.9 Å². The number of carbonyl (C=O) groups excluding carboxylic acids is 1. The van der Waals surface area contributed by atoms with Crippen LogP contribution in [0.4, 0.5) is 23.1 Å². The van der Waals surface area contributed by atoms with Crippen LogP contribution in [0.2, 0.25) is 5.02 Å². The molecule has 206 valence electrons. The Bertz CT molecular complexity index is 1300. The lowest BCUT2D eigenvalue weighted by Crippen LogP contribution is -2.48. The number of benzene rings is 1. The average Bonchev–Trinajstić information content (AvgIpc) is 3.68. The number of rotatable bonds is 9. The number of methoxy groups -OCH3 is 1. The summed E-state index contributed by atoms with van der Waals surface area (Å²) in [6.45, 7) is 1.95. The third-order valence-electron chi connectivity index (χ3n) is 7.12. The first-order valence-electron chi connectivity index (χ1n) is 12.9. The SMILES string of the molecule is COc1cc2c(cc1Nc1ncc(Cl)c(N[C@@H]3CCCC[C@H]3NS(C)(=O)=O)n1)NC(=O)CN(CC1CC1)C2.